The summed E-state index contributed by atoms with van der Waals surface area (Å²) >= 11 is 9.54. The molecule has 10 heteroatoms. The molecule has 33 heavy (non-hydrogen) atoms. The lowest BCUT2D eigenvalue weighted by molar-refractivity contribution is -0.116. The third kappa shape index (κ3) is 6.88. The Labute approximate surface area is 205 Å². The van der Waals surface area contributed by atoms with E-state index in [2.05, 4.69) is 26.6 Å². The first kappa shape index (κ1) is 24.9. The molecule has 0 aliphatic rings. The first-order valence-electron chi connectivity index (χ1n) is 9.82. The molecule has 0 heterocycles. The van der Waals surface area contributed by atoms with Crippen molar-refractivity contribution in [3.05, 3.63) is 87.9 Å². The van der Waals surface area contributed by atoms with Crippen molar-refractivity contribution in [1.82, 2.24) is 4.31 Å². The summed E-state index contributed by atoms with van der Waals surface area (Å²) in [7, 11) is -4.01. The summed E-state index contributed by atoms with van der Waals surface area (Å²) in [5.74, 6) is -0.785. The fourth-order valence-corrected chi connectivity index (χ4v) is 4.87. The molecule has 0 atom stereocenters. The summed E-state index contributed by atoms with van der Waals surface area (Å²) in [5, 5.41) is 5.72. The predicted molar refractivity (Wildman–Crippen MR) is 133 cm³/mol. The highest BCUT2D eigenvalue weighted by Crippen LogP contribution is 2.24. The summed E-state index contributed by atoms with van der Waals surface area (Å²) in [4.78, 5) is 24.1. The van der Waals surface area contributed by atoms with Crippen molar-refractivity contribution in [2.24, 2.45) is 0 Å². The van der Waals surface area contributed by atoms with Crippen LogP contribution < -0.4 is 10.6 Å². The van der Waals surface area contributed by atoms with E-state index in [0.29, 0.717) is 22.0 Å². The smallest absolute Gasteiger partial charge is 0.243 e. The second-order valence-corrected chi connectivity index (χ2v) is 10.4. The van der Waals surface area contributed by atoms with Crippen molar-refractivity contribution in [3.8, 4) is 0 Å². The number of benzene rings is 3. The molecule has 172 valence electrons. The molecule has 0 unspecified atom stereocenters. The molecule has 7 nitrogen and oxygen atoms in total. The number of halogens is 2. The third-order valence-electron chi connectivity index (χ3n) is 4.54. The van der Waals surface area contributed by atoms with Gasteiger partial charge in [-0.2, -0.15) is 4.31 Å². The van der Waals surface area contributed by atoms with E-state index in [0.717, 1.165) is 8.78 Å². The van der Waals surface area contributed by atoms with E-state index in [4.69, 9.17) is 11.6 Å². The van der Waals surface area contributed by atoms with Crippen molar-refractivity contribution in [2.75, 3.05) is 17.2 Å². The average molecular weight is 551 g/mol. The van der Waals surface area contributed by atoms with Crippen molar-refractivity contribution in [2.45, 2.75) is 18.4 Å². The number of hydrogen-bond donors (Lipinski definition) is 2. The number of hydrogen-bond acceptors (Lipinski definition) is 4. The molecule has 3 aromatic rings. The molecule has 3 aromatic carbocycles. The van der Waals surface area contributed by atoms with Crippen molar-refractivity contribution in [1.29, 1.82) is 0 Å². The SMILES string of the molecule is CC(=O)Nc1cccc(NC(=O)CN(Cc2ccccc2Cl)S(=O)(=O)c2ccc(Br)cc2)c1. The predicted octanol–water partition coefficient (Wildman–Crippen LogP) is 4.89. The molecule has 0 fully saturated rings. The van der Waals surface area contributed by atoms with Crippen LogP contribution in [0.2, 0.25) is 5.02 Å². The minimum Gasteiger partial charge on any atom is -0.326 e. The minimum atomic E-state index is -4.01. The van der Waals surface area contributed by atoms with Gasteiger partial charge in [0, 0.05) is 34.3 Å². The number of carbonyl (C=O) groups excluding carboxylic acids is 2. The third-order valence-corrected chi connectivity index (χ3v) is 7.25. The Morgan fingerprint density at radius 3 is 2.21 bits per heavy atom. The number of sulfonamides is 1. The van der Waals surface area contributed by atoms with E-state index < -0.39 is 22.5 Å². The fourth-order valence-electron chi connectivity index (χ4n) is 3.04. The van der Waals surface area contributed by atoms with E-state index in [1.807, 2.05) is 0 Å². The van der Waals surface area contributed by atoms with Gasteiger partial charge in [0.15, 0.2) is 0 Å². The Morgan fingerprint density at radius 1 is 0.939 bits per heavy atom. The Hall–Kier alpha value is -2.72. The van der Waals surface area contributed by atoms with Crippen LogP contribution in [-0.4, -0.2) is 31.1 Å². The normalized spacial score (nSPS) is 11.3. The monoisotopic (exact) mass is 549 g/mol. The maximum Gasteiger partial charge on any atom is 0.243 e. The van der Waals surface area contributed by atoms with Crippen molar-refractivity contribution >= 4 is 60.7 Å². The number of carbonyl (C=O) groups is 2. The van der Waals surface area contributed by atoms with Gasteiger partial charge in [-0.3, -0.25) is 9.59 Å². The van der Waals surface area contributed by atoms with Crippen LogP contribution in [0.1, 0.15) is 12.5 Å². The van der Waals surface area contributed by atoms with Crippen LogP contribution in [0.4, 0.5) is 11.4 Å². The Kier molecular flexibility index (Phi) is 8.25. The molecule has 2 N–H and O–H groups in total. The number of amides is 2. The first-order valence-corrected chi connectivity index (χ1v) is 12.4. The van der Waals surface area contributed by atoms with Crippen LogP contribution in [0.3, 0.4) is 0 Å². The van der Waals surface area contributed by atoms with Gasteiger partial charge < -0.3 is 10.6 Å². The summed E-state index contributed by atoms with van der Waals surface area (Å²) in [6.45, 7) is 0.857. The van der Waals surface area contributed by atoms with Gasteiger partial charge in [0.05, 0.1) is 11.4 Å². The molecular formula is C23H21BrClN3O4S. The molecule has 0 spiro atoms. The summed E-state index contributed by atoms with van der Waals surface area (Å²) in [6, 6.07) is 19.6. The topological polar surface area (TPSA) is 95.6 Å². The molecule has 0 saturated heterocycles. The van der Waals surface area contributed by atoms with E-state index in [1.165, 1.54) is 19.1 Å². The Morgan fingerprint density at radius 2 is 1.58 bits per heavy atom. The van der Waals surface area contributed by atoms with Crippen LogP contribution in [0.15, 0.2) is 82.2 Å². The van der Waals surface area contributed by atoms with E-state index >= 15 is 0 Å². The van der Waals surface area contributed by atoms with Crippen molar-refractivity contribution in [3.63, 3.8) is 0 Å². The number of nitrogens with zero attached hydrogens (tertiary/aromatic N) is 1. The summed E-state index contributed by atoms with van der Waals surface area (Å²) in [6.07, 6.45) is 0. The average Bonchev–Trinajstić information content (AvgIpc) is 2.75. The molecule has 0 aromatic heterocycles. The zero-order valence-electron chi connectivity index (χ0n) is 17.6. The Balaban J connectivity index is 1.86. The molecule has 0 radical (unpaired) electrons. The zero-order valence-corrected chi connectivity index (χ0v) is 20.7. The second kappa shape index (κ2) is 10.9. The molecule has 0 bridgehead atoms. The van der Waals surface area contributed by atoms with E-state index in [-0.39, 0.29) is 17.3 Å². The first-order chi connectivity index (χ1) is 15.6. The molecule has 2 amide bonds. The number of anilines is 2. The number of nitrogens with one attached hydrogen (secondary N) is 2. The highest BCUT2D eigenvalue weighted by Gasteiger charge is 2.27. The quantitative estimate of drug-likeness (QED) is 0.417. The minimum absolute atomic E-state index is 0.0539. The fraction of sp³-hybridized carbons (Fsp3) is 0.130. The molecule has 0 aliphatic carbocycles. The van der Waals surface area contributed by atoms with Gasteiger partial charge in [0.25, 0.3) is 0 Å². The maximum absolute atomic E-state index is 13.4. The van der Waals surface area contributed by atoms with E-state index in [9.17, 15) is 18.0 Å². The Bertz CT molecular complexity index is 1270. The van der Waals surface area contributed by atoms with Gasteiger partial charge >= 0.3 is 0 Å². The van der Waals surface area contributed by atoms with Gasteiger partial charge in [0.1, 0.15) is 0 Å². The van der Waals surface area contributed by atoms with Crippen LogP contribution >= 0.6 is 27.5 Å². The standard InChI is InChI=1S/C23H21BrClN3O4S/c1-16(29)26-19-6-4-7-20(13-19)27-23(30)15-28(14-17-5-2-3-8-22(17)25)33(31,32)21-11-9-18(24)10-12-21/h2-13H,14-15H2,1H3,(H,26,29)(H,27,30). The van der Waals surface area contributed by atoms with E-state index in [1.54, 1.807) is 60.7 Å². The summed E-state index contributed by atoms with van der Waals surface area (Å²) in [5.41, 5.74) is 1.50. The van der Waals surface area contributed by atoms with Gasteiger partial charge in [-0.25, -0.2) is 8.42 Å². The van der Waals surface area contributed by atoms with Crippen LogP contribution in [-0.2, 0) is 26.2 Å². The lowest BCUT2D eigenvalue weighted by Crippen LogP contribution is -2.37. The lowest BCUT2D eigenvalue weighted by Gasteiger charge is -2.22. The molecule has 0 aliphatic heterocycles. The maximum atomic E-state index is 13.4. The molecular weight excluding hydrogens is 530 g/mol. The molecule has 0 saturated carbocycles. The molecule has 3 rings (SSSR count). The summed E-state index contributed by atoms with van der Waals surface area (Å²) < 4.78 is 28.5. The van der Waals surface area contributed by atoms with Crippen molar-refractivity contribution < 1.29 is 18.0 Å². The van der Waals surface area contributed by atoms with Crippen LogP contribution in [0, 0.1) is 0 Å². The lowest BCUT2D eigenvalue weighted by atomic mass is 10.2. The highest BCUT2D eigenvalue weighted by atomic mass is 79.9. The van der Waals surface area contributed by atoms with Crippen LogP contribution in [0.5, 0.6) is 0 Å². The highest BCUT2D eigenvalue weighted by molar-refractivity contribution is 9.10. The number of rotatable bonds is 8. The second-order valence-electron chi connectivity index (χ2n) is 7.13. The van der Waals surface area contributed by atoms with Gasteiger partial charge in [-0.1, -0.05) is 51.8 Å². The zero-order chi connectivity index (χ0) is 24.0. The van der Waals surface area contributed by atoms with Gasteiger partial charge in [0.2, 0.25) is 21.8 Å². The van der Waals surface area contributed by atoms with Crippen LogP contribution in [0.25, 0.3) is 0 Å². The van der Waals surface area contributed by atoms with Gasteiger partial charge in [-0.05, 0) is 54.1 Å². The van der Waals surface area contributed by atoms with Gasteiger partial charge in [-0.15, -0.1) is 0 Å². The largest absolute Gasteiger partial charge is 0.326 e.